The second kappa shape index (κ2) is 8.36. The van der Waals surface area contributed by atoms with Gasteiger partial charge in [-0.25, -0.2) is 13.8 Å². The normalized spacial score (nSPS) is 18.9. The molecule has 0 unspecified atom stereocenters. The van der Waals surface area contributed by atoms with Crippen molar-refractivity contribution in [2.75, 3.05) is 62.3 Å². The molecule has 10 heteroatoms. The summed E-state index contributed by atoms with van der Waals surface area (Å²) in [6.45, 7) is 6.65. The average Bonchev–Trinajstić information content (AvgIpc) is 3.10. The maximum atomic E-state index is 13.1. The van der Waals surface area contributed by atoms with Gasteiger partial charge in [0, 0.05) is 70.8 Å². The molecule has 4 rings (SSSR count). The van der Waals surface area contributed by atoms with E-state index in [-0.39, 0.29) is 5.69 Å². The summed E-state index contributed by atoms with van der Waals surface area (Å²) in [5, 5.41) is 3.89. The molecule has 0 N–H and O–H groups in total. The van der Waals surface area contributed by atoms with Crippen LogP contribution in [0, 0.1) is 0 Å². The molecule has 8 nitrogen and oxygen atoms in total. The van der Waals surface area contributed by atoms with E-state index < -0.39 is 6.43 Å². The minimum absolute atomic E-state index is 0.115. The maximum absolute atomic E-state index is 13.1. The number of anilines is 2. The molecule has 2 aromatic rings. The van der Waals surface area contributed by atoms with Gasteiger partial charge in [0.15, 0.2) is 0 Å². The molecule has 0 aromatic carbocycles. The smallest absolute Gasteiger partial charge is 0.282 e. The number of rotatable bonds is 5. The molecule has 4 heterocycles. The first-order valence-corrected chi connectivity index (χ1v) is 9.54. The summed E-state index contributed by atoms with van der Waals surface area (Å²) >= 11 is 0. The van der Waals surface area contributed by atoms with E-state index in [0.717, 1.165) is 51.0 Å². The maximum Gasteiger partial charge on any atom is 0.282 e. The van der Waals surface area contributed by atoms with Crippen LogP contribution in [-0.4, -0.2) is 77.1 Å². The molecule has 0 aliphatic carbocycles. The Morgan fingerprint density at radius 3 is 2.54 bits per heavy atom. The largest absolute Gasteiger partial charge is 0.378 e. The van der Waals surface area contributed by atoms with Gasteiger partial charge in [0.2, 0.25) is 5.95 Å². The molecule has 0 bridgehead atoms. The first kappa shape index (κ1) is 19.0. The van der Waals surface area contributed by atoms with Crippen LogP contribution in [0.4, 0.5) is 20.5 Å². The van der Waals surface area contributed by atoms with E-state index in [1.165, 1.54) is 4.68 Å². The van der Waals surface area contributed by atoms with Gasteiger partial charge in [0.05, 0.1) is 13.2 Å². The lowest BCUT2D eigenvalue weighted by Crippen LogP contribution is -2.46. The Labute approximate surface area is 162 Å². The van der Waals surface area contributed by atoms with Crippen molar-refractivity contribution in [2.45, 2.75) is 13.0 Å². The fourth-order valence-corrected chi connectivity index (χ4v) is 3.67. The highest BCUT2D eigenvalue weighted by Crippen LogP contribution is 2.23. The minimum Gasteiger partial charge on any atom is -0.378 e. The number of piperazine rings is 1. The van der Waals surface area contributed by atoms with Crippen molar-refractivity contribution in [3.8, 4) is 0 Å². The Kier molecular flexibility index (Phi) is 5.67. The predicted octanol–water partition coefficient (Wildman–Crippen LogP) is 1.31. The third-order valence-electron chi connectivity index (χ3n) is 5.16. The number of aryl methyl sites for hydroxylation is 1. The summed E-state index contributed by atoms with van der Waals surface area (Å²) in [5.41, 5.74) is 0.485. The molecule has 0 spiro atoms. The molecular weight excluding hydrogens is 368 g/mol. The van der Waals surface area contributed by atoms with Gasteiger partial charge < -0.3 is 14.5 Å². The molecule has 2 aliphatic heterocycles. The number of aromatic nitrogens is 4. The number of morpholine rings is 1. The number of hydrogen-bond donors (Lipinski definition) is 0. The molecular formula is C18H25F2N7O. The van der Waals surface area contributed by atoms with Crippen LogP contribution >= 0.6 is 0 Å². The quantitative estimate of drug-likeness (QED) is 0.759. The fourth-order valence-electron chi connectivity index (χ4n) is 3.67. The van der Waals surface area contributed by atoms with E-state index in [1.807, 2.05) is 6.07 Å². The van der Waals surface area contributed by atoms with Crippen LogP contribution < -0.4 is 9.80 Å². The highest BCUT2D eigenvalue weighted by atomic mass is 19.3. The Hall–Kier alpha value is -2.33. The standard InChI is InChI=1S/C18H25F2N7O/c1-24-12-14(16(23-24)17(19)20)13-25-4-6-26(7-5-25)15-2-3-21-18(22-15)27-8-10-28-11-9-27/h2-3,12,17H,4-11,13H2,1H3. The molecule has 0 saturated carbocycles. The van der Waals surface area contributed by atoms with Crippen molar-refractivity contribution in [3.05, 3.63) is 29.7 Å². The summed E-state index contributed by atoms with van der Waals surface area (Å²) < 4.78 is 33.1. The monoisotopic (exact) mass is 393 g/mol. The van der Waals surface area contributed by atoms with Crippen molar-refractivity contribution in [1.82, 2.24) is 24.6 Å². The second-order valence-corrected chi connectivity index (χ2v) is 7.09. The molecule has 28 heavy (non-hydrogen) atoms. The molecule has 2 fully saturated rings. The molecule has 0 amide bonds. The van der Waals surface area contributed by atoms with E-state index in [9.17, 15) is 8.78 Å². The van der Waals surface area contributed by atoms with Crippen molar-refractivity contribution in [2.24, 2.45) is 7.05 Å². The van der Waals surface area contributed by atoms with Crippen LogP contribution in [0.2, 0.25) is 0 Å². The molecule has 0 radical (unpaired) electrons. The average molecular weight is 393 g/mol. The first-order chi connectivity index (χ1) is 13.6. The van der Waals surface area contributed by atoms with E-state index in [2.05, 4.69) is 24.8 Å². The van der Waals surface area contributed by atoms with E-state index in [0.29, 0.717) is 25.3 Å². The van der Waals surface area contributed by atoms with Gasteiger partial charge in [-0.3, -0.25) is 9.58 Å². The van der Waals surface area contributed by atoms with Gasteiger partial charge in [-0.05, 0) is 6.07 Å². The first-order valence-electron chi connectivity index (χ1n) is 9.54. The highest BCUT2D eigenvalue weighted by molar-refractivity contribution is 5.44. The van der Waals surface area contributed by atoms with Crippen molar-refractivity contribution >= 4 is 11.8 Å². The van der Waals surface area contributed by atoms with Gasteiger partial charge in [0.1, 0.15) is 11.5 Å². The third-order valence-corrected chi connectivity index (χ3v) is 5.16. The summed E-state index contributed by atoms with van der Waals surface area (Å²) in [6.07, 6.45) is 0.939. The van der Waals surface area contributed by atoms with E-state index in [4.69, 9.17) is 9.72 Å². The van der Waals surface area contributed by atoms with Crippen LogP contribution in [0.5, 0.6) is 0 Å². The minimum atomic E-state index is -2.54. The second-order valence-electron chi connectivity index (χ2n) is 7.09. The molecule has 152 valence electrons. The van der Waals surface area contributed by atoms with Crippen molar-refractivity contribution in [3.63, 3.8) is 0 Å². The summed E-state index contributed by atoms with van der Waals surface area (Å²) in [5.74, 6) is 1.64. The van der Waals surface area contributed by atoms with Gasteiger partial charge in [-0.1, -0.05) is 0 Å². The van der Waals surface area contributed by atoms with E-state index in [1.54, 1.807) is 19.4 Å². The molecule has 2 aromatic heterocycles. The number of halogens is 2. The number of ether oxygens (including phenoxy) is 1. The van der Waals surface area contributed by atoms with Crippen LogP contribution in [0.1, 0.15) is 17.7 Å². The number of alkyl halides is 2. The zero-order chi connectivity index (χ0) is 19.5. The summed E-state index contributed by atoms with van der Waals surface area (Å²) in [7, 11) is 1.68. The van der Waals surface area contributed by atoms with Crippen molar-refractivity contribution in [1.29, 1.82) is 0 Å². The Bertz CT molecular complexity index is 786. The van der Waals surface area contributed by atoms with Gasteiger partial charge in [-0.2, -0.15) is 10.1 Å². The lowest BCUT2D eigenvalue weighted by atomic mass is 10.2. The topological polar surface area (TPSA) is 62.5 Å². The SMILES string of the molecule is Cn1cc(CN2CCN(c3ccnc(N4CCOCC4)n3)CC2)c(C(F)F)n1. The van der Waals surface area contributed by atoms with Crippen LogP contribution in [-0.2, 0) is 18.3 Å². The van der Waals surface area contributed by atoms with Gasteiger partial charge in [-0.15, -0.1) is 0 Å². The zero-order valence-corrected chi connectivity index (χ0v) is 16.0. The molecule has 2 saturated heterocycles. The fraction of sp³-hybridized carbons (Fsp3) is 0.611. The molecule has 0 atom stereocenters. The summed E-state index contributed by atoms with van der Waals surface area (Å²) in [6, 6.07) is 1.93. The van der Waals surface area contributed by atoms with Crippen molar-refractivity contribution < 1.29 is 13.5 Å². The van der Waals surface area contributed by atoms with Crippen LogP contribution in [0.3, 0.4) is 0 Å². The summed E-state index contributed by atoms with van der Waals surface area (Å²) in [4.78, 5) is 15.7. The lowest BCUT2D eigenvalue weighted by Gasteiger charge is -2.35. The Morgan fingerprint density at radius 2 is 1.82 bits per heavy atom. The number of nitrogens with zero attached hydrogens (tertiary/aromatic N) is 7. The van der Waals surface area contributed by atoms with Crippen LogP contribution in [0.25, 0.3) is 0 Å². The van der Waals surface area contributed by atoms with Gasteiger partial charge in [0.25, 0.3) is 6.43 Å². The van der Waals surface area contributed by atoms with Crippen LogP contribution in [0.15, 0.2) is 18.5 Å². The van der Waals surface area contributed by atoms with Gasteiger partial charge >= 0.3 is 0 Å². The zero-order valence-electron chi connectivity index (χ0n) is 16.0. The highest BCUT2D eigenvalue weighted by Gasteiger charge is 2.23. The molecule has 2 aliphatic rings. The Morgan fingerprint density at radius 1 is 1.07 bits per heavy atom. The van der Waals surface area contributed by atoms with E-state index >= 15 is 0 Å². The predicted molar refractivity (Wildman–Crippen MR) is 101 cm³/mol. The lowest BCUT2D eigenvalue weighted by molar-refractivity contribution is 0.122. The Balaban J connectivity index is 1.37. The number of hydrogen-bond acceptors (Lipinski definition) is 7. The third kappa shape index (κ3) is 4.22.